The quantitative estimate of drug-likeness (QED) is 0.118. The molecule has 5 aromatic rings. The maximum absolute atomic E-state index is 11.4. The number of hydrogen-bond donors (Lipinski definition) is 0. The molecular formula is C26H28ClN7OS3. The predicted octanol–water partition coefficient (Wildman–Crippen LogP) is 7.61. The van der Waals surface area contributed by atoms with Crippen molar-refractivity contribution in [1.82, 2.24) is 33.4 Å². The first kappa shape index (κ1) is 26.0. The van der Waals surface area contributed by atoms with E-state index in [4.69, 9.17) is 16.6 Å². The number of rotatable bonds is 5. The minimum atomic E-state index is 0.333. The Labute approximate surface area is 238 Å². The summed E-state index contributed by atoms with van der Waals surface area (Å²) in [7, 11) is 0. The van der Waals surface area contributed by atoms with Crippen molar-refractivity contribution in [2.24, 2.45) is 0 Å². The molecule has 0 aliphatic heterocycles. The molecule has 0 saturated heterocycles. The number of carbonyl (C=O) groups excluding carboxylic acids is 1. The van der Waals surface area contributed by atoms with Gasteiger partial charge in [0.05, 0.1) is 32.2 Å². The van der Waals surface area contributed by atoms with Crippen LogP contribution in [0.4, 0.5) is 0 Å². The van der Waals surface area contributed by atoms with Gasteiger partial charge in [-0.1, -0.05) is 60.8 Å². The summed E-state index contributed by atoms with van der Waals surface area (Å²) < 4.78 is 10.00. The molecule has 7 rings (SSSR count). The van der Waals surface area contributed by atoms with Gasteiger partial charge >= 0.3 is 0 Å². The summed E-state index contributed by atoms with van der Waals surface area (Å²) in [6.45, 7) is 0. The molecule has 0 N–H and O–H groups in total. The molecule has 38 heavy (non-hydrogen) atoms. The average molecular weight is 586 g/mol. The maximum Gasteiger partial charge on any atom is 0.189 e. The number of halogens is 1. The number of hydrogen-bond acceptors (Lipinski definition) is 9. The van der Waals surface area contributed by atoms with E-state index < -0.39 is 0 Å². The van der Waals surface area contributed by atoms with Gasteiger partial charge in [0.2, 0.25) is 0 Å². The van der Waals surface area contributed by atoms with Crippen molar-refractivity contribution in [3.63, 3.8) is 0 Å². The molecule has 0 aromatic carbocycles. The van der Waals surface area contributed by atoms with Crippen LogP contribution in [0, 0.1) is 0 Å². The normalized spacial score (nSPS) is 16.6. The number of thioether (sulfide) groups is 2. The second-order valence-corrected chi connectivity index (χ2v) is 12.4. The van der Waals surface area contributed by atoms with E-state index in [2.05, 4.69) is 23.9 Å². The molecule has 2 fully saturated rings. The summed E-state index contributed by atoms with van der Waals surface area (Å²) in [5.74, 6) is 0. The van der Waals surface area contributed by atoms with Crippen molar-refractivity contribution in [2.75, 3.05) is 12.5 Å². The van der Waals surface area contributed by atoms with Crippen molar-refractivity contribution in [3.8, 4) is 0 Å². The third-order valence-corrected chi connectivity index (χ3v) is 9.93. The van der Waals surface area contributed by atoms with E-state index >= 15 is 0 Å². The molecule has 5 heterocycles. The topological polar surface area (TPSA) is 91.4 Å². The second kappa shape index (κ2) is 11.1. The Morgan fingerprint density at radius 3 is 2.00 bits per heavy atom. The van der Waals surface area contributed by atoms with Gasteiger partial charge < -0.3 is 9.13 Å². The van der Waals surface area contributed by atoms with Gasteiger partial charge in [-0.05, 0) is 49.7 Å². The van der Waals surface area contributed by atoms with Gasteiger partial charge in [-0.2, -0.15) is 4.37 Å². The molecule has 2 aliphatic carbocycles. The Morgan fingerprint density at radius 2 is 1.42 bits per heavy atom. The Morgan fingerprint density at radius 1 is 0.868 bits per heavy atom. The van der Waals surface area contributed by atoms with Crippen LogP contribution in [0.25, 0.3) is 32.3 Å². The second-order valence-electron chi connectivity index (χ2n) is 9.66. The van der Waals surface area contributed by atoms with Crippen LogP contribution < -0.4 is 0 Å². The van der Waals surface area contributed by atoms with E-state index in [9.17, 15) is 4.79 Å². The molecule has 0 atom stereocenters. The highest BCUT2D eigenvalue weighted by molar-refractivity contribution is 7.98. The fourth-order valence-electron chi connectivity index (χ4n) is 5.83. The SMILES string of the molecule is CSc1ncc2c(Cl)c(C=O)n(C3CCCC3)c2n1.CSc1ncc2c3sncc3n(C3CCCC3)c2n1. The molecule has 0 unspecified atom stereocenters. The number of aldehydes is 1. The fraction of sp³-hybridized carbons (Fsp3) is 0.462. The third-order valence-electron chi connectivity index (χ3n) is 7.58. The van der Waals surface area contributed by atoms with Crippen LogP contribution in [0.1, 0.15) is 73.9 Å². The lowest BCUT2D eigenvalue weighted by molar-refractivity contribution is 0.111. The molecule has 0 spiro atoms. The van der Waals surface area contributed by atoms with Gasteiger partial charge in [0.1, 0.15) is 17.0 Å². The van der Waals surface area contributed by atoms with Gasteiger partial charge in [-0.3, -0.25) is 4.79 Å². The van der Waals surface area contributed by atoms with E-state index in [0.717, 1.165) is 46.4 Å². The first-order chi connectivity index (χ1) is 18.6. The summed E-state index contributed by atoms with van der Waals surface area (Å²) in [5.41, 5.74) is 3.66. The molecule has 0 bridgehead atoms. The zero-order valence-corrected chi connectivity index (χ0v) is 24.5. The van der Waals surface area contributed by atoms with Crippen molar-refractivity contribution >= 4 is 85.2 Å². The van der Waals surface area contributed by atoms with Crippen LogP contribution in [-0.4, -0.2) is 52.2 Å². The molecular weight excluding hydrogens is 558 g/mol. The zero-order chi connectivity index (χ0) is 26.2. The molecule has 2 aliphatic rings. The number of fused-ring (bicyclic) bond motifs is 4. The highest BCUT2D eigenvalue weighted by Crippen LogP contribution is 2.40. The van der Waals surface area contributed by atoms with Crippen LogP contribution in [0.5, 0.6) is 0 Å². The Hall–Kier alpha value is -2.21. The molecule has 5 aromatic heterocycles. The van der Waals surface area contributed by atoms with Gasteiger partial charge in [-0.25, -0.2) is 19.9 Å². The molecule has 198 valence electrons. The lowest BCUT2D eigenvalue weighted by Gasteiger charge is -2.14. The van der Waals surface area contributed by atoms with Crippen molar-refractivity contribution in [1.29, 1.82) is 0 Å². The molecule has 0 radical (unpaired) electrons. The molecule has 0 amide bonds. The van der Waals surface area contributed by atoms with Crippen LogP contribution in [0.2, 0.25) is 5.02 Å². The van der Waals surface area contributed by atoms with E-state index in [-0.39, 0.29) is 0 Å². The summed E-state index contributed by atoms with van der Waals surface area (Å²) in [4.78, 5) is 29.3. The summed E-state index contributed by atoms with van der Waals surface area (Å²) >= 11 is 10.9. The van der Waals surface area contributed by atoms with Gasteiger partial charge in [0.15, 0.2) is 16.6 Å². The zero-order valence-electron chi connectivity index (χ0n) is 21.3. The molecule has 8 nitrogen and oxygen atoms in total. The standard InChI is InChI=1S/C13H14ClN3OS.C13H14N4S2/c1-19-13-15-6-9-11(14)10(7-18)17(12(9)16-13)8-4-2-3-5-8;1-18-13-14-6-9-11-10(7-15-19-11)17(12(9)16-13)8-4-2-3-5-8/h2*6-8H,2-5H2,1H3. The molecule has 12 heteroatoms. The lowest BCUT2D eigenvalue weighted by atomic mass is 10.2. The third kappa shape index (κ3) is 4.51. The summed E-state index contributed by atoms with van der Waals surface area (Å²) in [6, 6.07) is 0.917. The highest BCUT2D eigenvalue weighted by Gasteiger charge is 2.26. The van der Waals surface area contributed by atoms with Crippen LogP contribution in [0.15, 0.2) is 28.9 Å². The smallest absolute Gasteiger partial charge is 0.189 e. The lowest BCUT2D eigenvalue weighted by Crippen LogP contribution is -2.09. The number of nitrogens with zero attached hydrogens (tertiary/aromatic N) is 7. The number of carbonyl (C=O) groups is 1. The van der Waals surface area contributed by atoms with E-state index in [1.807, 2.05) is 29.5 Å². The predicted molar refractivity (Wildman–Crippen MR) is 157 cm³/mol. The monoisotopic (exact) mass is 585 g/mol. The minimum absolute atomic E-state index is 0.333. The van der Waals surface area contributed by atoms with E-state index in [1.165, 1.54) is 60.5 Å². The van der Waals surface area contributed by atoms with Crippen LogP contribution in [-0.2, 0) is 0 Å². The Balaban J connectivity index is 0.000000139. The minimum Gasteiger partial charge on any atom is -0.320 e. The van der Waals surface area contributed by atoms with Crippen LogP contribution in [0.3, 0.4) is 0 Å². The van der Waals surface area contributed by atoms with E-state index in [0.29, 0.717) is 28.0 Å². The average Bonchev–Trinajstić information content (AvgIpc) is 3.78. The summed E-state index contributed by atoms with van der Waals surface area (Å²) in [6.07, 6.45) is 20.2. The van der Waals surface area contributed by atoms with Gasteiger partial charge in [-0.15, -0.1) is 0 Å². The highest BCUT2D eigenvalue weighted by atomic mass is 35.5. The maximum atomic E-state index is 11.4. The van der Waals surface area contributed by atoms with Crippen molar-refractivity contribution < 1.29 is 4.79 Å². The largest absolute Gasteiger partial charge is 0.320 e. The Bertz CT molecular complexity index is 1620. The van der Waals surface area contributed by atoms with Gasteiger partial charge in [0, 0.05) is 24.5 Å². The van der Waals surface area contributed by atoms with Crippen molar-refractivity contribution in [2.45, 2.75) is 73.8 Å². The van der Waals surface area contributed by atoms with Crippen molar-refractivity contribution in [3.05, 3.63) is 29.3 Å². The fourth-order valence-corrected chi connectivity index (χ4v) is 7.52. The first-order valence-electron chi connectivity index (χ1n) is 12.9. The first-order valence-corrected chi connectivity index (χ1v) is 16.5. The Kier molecular flexibility index (Phi) is 7.61. The van der Waals surface area contributed by atoms with E-state index in [1.54, 1.807) is 29.5 Å². The molecule has 2 saturated carbocycles. The van der Waals surface area contributed by atoms with Gasteiger partial charge in [0.25, 0.3) is 0 Å². The summed E-state index contributed by atoms with van der Waals surface area (Å²) in [5, 5.41) is 3.96. The number of aromatic nitrogens is 7. The van der Waals surface area contributed by atoms with Crippen LogP contribution >= 0.6 is 46.7 Å².